The summed E-state index contributed by atoms with van der Waals surface area (Å²) in [6.45, 7) is 27.2. The van der Waals surface area contributed by atoms with Crippen molar-refractivity contribution in [2.45, 2.75) is 191 Å². The molecule has 1 aliphatic heterocycles. The second-order valence-electron chi connectivity index (χ2n) is 26.0. The number of nitrogens with one attached hydrogen (secondary N) is 1. The minimum absolute atomic E-state index is 0.000758. The summed E-state index contributed by atoms with van der Waals surface area (Å²) in [6.07, 6.45) is 15.8. The van der Waals surface area contributed by atoms with Crippen molar-refractivity contribution in [2.24, 2.45) is 95.8 Å². The van der Waals surface area contributed by atoms with E-state index in [2.05, 4.69) is 65.9 Å². The van der Waals surface area contributed by atoms with Gasteiger partial charge in [0.15, 0.2) is 0 Å². The fourth-order valence-corrected chi connectivity index (χ4v) is 17.8. The summed E-state index contributed by atoms with van der Waals surface area (Å²) in [5.41, 5.74) is 0.348. The van der Waals surface area contributed by atoms with Crippen molar-refractivity contribution >= 4 is 29.5 Å². The number of hydrogen-bond acceptors (Lipinski definition) is 7. The number of rotatable bonds is 9. The molecule has 0 aromatic heterocycles. The van der Waals surface area contributed by atoms with Crippen LogP contribution in [0.3, 0.4) is 0 Å². The molecule has 1 heterocycles. The predicted octanol–water partition coefficient (Wildman–Crippen LogP) is 10.1. The van der Waals surface area contributed by atoms with Crippen LogP contribution in [0.2, 0.25) is 0 Å². The highest BCUT2D eigenvalue weighted by Crippen LogP contribution is 2.79. The average molecular weight is 874 g/mol. The zero-order chi connectivity index (χ0) is 45.5. The zero-order valence-electron chi connectivity index (χ0n) is 41.0. The molecule has 2 N–H and O–H groups in total. The van der Waals surface area contributed by atoms with Crippen molar-refractivity contribution < 1.29 is 33.9 Å². The number of carboxylic acids is 1. The molecule has 352 valence electrons. The molecule has 9 rings (SSSR count). The maximum atomic E-state index is 15.3. The molecule has 0 spiro atoms. The third kappa shape index (κ3) is 6.50. The Morgan fingerprint density at radius 1 is 0.698 bits per heavy atom. The Morgan fingerprint density at radius 3 is 2.02 bits per heavy atom. The summed E-state index contributed by atoms with van der Waals surface area (Å²) >= 11 is 0. The lowest BCUT2D eigenvalue weighted by Crippen LogP contribution is -2.69. The molecule has 0 radical (unpaired) electrons. The van der Waals surface area contributed by atoms with Crippen LogP contribution in [-0.4, -0.2) is 71.3 Å². The number of fused-ring (bicyclic) bond motifs is 7. The molecule has 63 heavy (non-hydrogen) atoms. The molecule has 9 fully saturated rings. The minimum Gasteiger partial charge on any atom is -0.481 e. The Hall–Kier alpha value is -2.65. The SMILES string of the molecule is CCON=C1CCN(C(=O)[C@H]2C[C@@H](NC(=O)[C@]34CC[C@@H](C5(C)CC5)C3[C@H]3CCC5C6(C)CC[C@H](OC(=O)[C@H]7C[C@@H](C(=O)O)C7(C)C)C(C)(C)[C@@H]6CC[C@@]5(C)[C@]3(C)CC4)C2(C)C)CC1. The number of piperidine rings is 1. The molecule has 8 aliphatic carbocycles. The smallest absolute Gasteiger partial charge is 0.309 e. The Labute approximate surface area is 378 Å². The third-order valence-electron chi connectivity index (χ3n) is 22.7. The van der Waals surface area contributed by atoms with Gasteiger partial charge in [-0.2, -0.15) is 0 Å². The van der Waals surface area contributed by atoms with E-state index in [0.29, 0.717) is 67.0 Å². The highest BCUT2D eigenvalue weighted by molar-refractivity contribution is 5.89. The maximum Gasteiger partial charge on any atom is 0.309 e. The highest BCUT2D eigenvalue weighted by Gasteiger charge is 2.74. The first-order valence-electron chi connectivity index (χ1n) is 25.6. The van der Waals surface area contributed by atoms with E-state index in [1.54, 1.807) is 0 Å². The van der Waals surface area contributed by atoms with E-state index in [4.69, 9.17) is 9.57 Å². The number of hydrogen-bond donors (Lipinski definition) is 2. The van der Waals surface area contributed by atoms with Crippen molar-refractivity contribution in [1.29, 1.82) is 0 Å². The quantitative estimate of drug-likeness (QED) is 0.174. The molecule has 10 nitrogen and oxygen atoms in total. The second kappa shape index (κ2) is 14.9. The van der Waals surface area contributed by atoms with Crippen LogP contribution in [0.25, 0.3) is 0 Å². The molecule has 2 amide bonds. The third-order valence-corrected chi connectivity index (χ3v) is 22.7. The number of carbonyl (C=O) groups excluding carboxylic acids is 3. The molecule has 1 saturated heterocycles. The van der Waals surface area contributed by atoms with Gasteiger partial charge in [0.2, 0.25) is 11.8 Å². The van der Waals surface area contributed by atoms with Crippen LogP contribution in [0.1, 0.15) is 179 Å². The van der Waals surface area contributed by atoms with E-state index < -0.39 is 17.3 Å². The fourth-order valence-electron chi connectivity index (χ4n) is 17.8. The van der Waals surface area contributed by atoms with Gasteiger partial charge in [0.1, 0.15) is 12.7 Å². The van der Waals surface area contributed by atoms with Crippen LogP contribution < -0.4 is 5.32 Å². The second-order valence-corrected chi connectivity index (χ2v) is 26.0. The van der Waals surface area contributed by atoms with Gasteiger partial charge in [0.05, 0.1) is 23.0 Å². The van der Waals surface area contributed by atoms with Crippen LogP contribution in [-0.2, 0) is 28.8 Å². The van der Waals surface area contributed by atoms with Crippen LogP contribution in [0, 0.1) is 90.7 Å². The molecular weight excluding hydrogens is 791 g/mol. The van der Waals surface area contributed by atoms with Gasteiger partial charge >= 0.3 is 11.9 Å². The number of aliphatic carboxylic acids is 1. The number of likely N-dealkylation sites (tertiary alicyclic amines) is 1. The lowest BCUT2D eigenvalue weighted by molar-refractivity contribution is -0.252. The fraction of sp³-hybridized carbons (Fsp3) is 0.906. The Balaban J connectivity index is 0.910. The lowest BCUT2D eigenvalue weighted by atomic mass is 9.32. The number of carboxylic acid groups (broad SMARTS) is 1. The van der Waals surface area contributed by atoms with E-state index in [9.17, 15) is 19.5 Å². The maximum absolute atomic E-state index is 15.3. The topological polar surface area (TPSA) is 135 Å². The molecule has 10 heteroatoms. The van der Waals surface area contributed by atoms with Gasteiger partial charge in [-0.3, -0.25) is 19.2 Å². The van der Waals surface area contributed by atoms with Crippen LogP contribution in [0.5, 0.6) is 0 Å². The first kappa shape index (κ1) is 45.5. The van der Waals surface area contributed by atoms with E-state index in [0.717, 1.165) is 69.9 Å². The average Bonchev–Trinajstić information content (AvgIpc) is 3.83. The molecular formula is C53H83N3O7. The van der Waals surface area contributed by atoms with Crippen LogP contribution >= 0.6 is 0 Å². The van der Waals surface area contributed by atoms with Crippen molar-refractivity contribution in [3.8, 4) is 0 Å². The molecule has 9 aliphatic rings. The van der Waals surface area contributed by atoms with Gasteiger partial charge in [-0.05, 0) is 159 Å². The van der Waals surface area contributed by atoms with Crippen LogP contribution in [0.15, 0.2) is 5.16 Å². The van der Waals surface area contributed by atoms with E-state index >= 15 is 4.79 Å². The predicted molar refractivity (Wildman–Crippen MR) is 243 cm³/mol. The largest absolute Gasteiger partial charge is 0.481 e. The van der Waals surface area contributed by atoms with Gasteiger partial charge in [-0.25, -0.2) is 0 Å². The molecule has 0 aromatic rings. The highest BCUT2D eigenvalue weighted by atomic mass is 16.6. The number of ether oxygens (including phenoxy) is 1. The Kier molecular flexibility index (Phi) is 10.8. The Bertz CT molecular complexity index is 1910. The van der Waals surface area contributed by atoms with E-state index in [-0.39, 0.29) is 68.3 Å². The van der Waals surface area contributed by atoms with Crippen molar-refractivity contribution in [3.63, 3.8) is 0 Å². The van der Waals surface area contributed by atoms with Crippen molar-refractivity contribution in [2.75, 3.05) is 19.7 Å². The molecule has 0 bridgehead atoms. The summed E-state index contributed by atoms with van der Waals surface area (Å²) in [7, 11) is 0. The summed E-state index contributed by atoms with van der Waals surface area (Å²) in [5, 5.41) is 17.7. The van der Waals surface area contributed by atoms with Gasteiger partial charge in [0.25, 0.3) is 0 Å². The summed E-state index contributed by atoms with van der Waals surface area (Å²) in [5.74, 6) is 1.01. The summed E-state index contributed by atoms with van der Waals surface area (Å²) < 4.78 is 6.48. The van der Waals surface area contributed by atoms with Crippen LogP contribution in [0.4, 0.5) is 0 Å². The van der Waals surface area contributed by atoms with Gasteiger partial charge < -0.3 is 24.9 Å². The van der Waals surface area contributed by atoms with E-state index in [1.807, 2.05) is 25.7 Å². The lowest BCUT2D eigenvalue weighted by Gasteiger charge is -2.73. The number of amides is 2. The molecule has 14 atom stereocenters. The monoisotopic (exact) mass is 874 g/mol. The first-order chi connectivity index (χ1) is 29.4. The number of esters is 1. The summed E-state index contributed by atoms with van der Waals surface area (Å²) in [6, 6.07) is 0.000758. The number of carbonyl (C=O) groups is 4. The first-order valence-corrected chi connectivity index (χ1v) is 25.6. The number of nitrogens with zero attached hydrogens (tertiary/aromatic N) is 2. The number of oxime groups is 1. The Morgan fingerprint density at radius 2 is 1.40 bits per heavy atom. The summed E-state index contributed by atoms with van der Waals surface area (Å²) in [4.78, 5) is 62.1. The van der Waals surface area contributed by atoms with Gasteiger partial charge in [0, 0.05) is 43.3 Å². The van der Waals surface area contributed by atoms with E-state index in [1.165, 1.54) is 32.1 Å². The molecule has 0 aromatic carbocycles. The normalized spacial score (nSPS) is 46.0. The molecule has 3 unspecified atom stereocenters. The van der Waals surface area contributed by atoms with Gasteiger partial charge in [-0.15, -0.1) is 0 Å². The van der Waals surface area contributed by atoms with Crippen molar-refractivity contribution in [3.05, 3.63) is 0 Å². The molecule has 8 saturated carbocycles. The minimum atomic E-state index is -0.818. The zero-order valence-corrected chi connectivity index (χ0v) is 41.0. The van der Waals surface area contributed by atoms with Gasteiger partial charge in [-0.1, -0.05) is 74.4 Å². The van der Waals surface area contributed by atoms with Crippen molar-refractivity contribution in [1.82, 2.24) is 10.2 Å². The standard InChI is InChI=1S/C53H83N3O7/c1-12-62-55-31-18-27-56(28-19-31)42(57)34-30-39(47(34,4)5)54-45(61)53-22-15-32(49(8)23-24-49)41(53)33-13-14-38-50(9)20-17-40(63-44(60)36-29-35(43(58)59)46(36,2)3)48(6,7)37(50)16-21-52(38,11)51(33,10)25-26-53/h32-41H,12-30H2,1-11H3,(H,54,61)(H,58,59)/t32-,33-,34-,35+,36-,37+,38?,39-,40+,41?,50?,51-,52-,53+/m1/s1.